The van der Waals surface area contributed by atoms with Gasteiger partial charge in [0.1, 0.15) is 18.0 Å². The molecule has 0 saturated carbocycles. The Morgan fingerprint density at radius 1 is 1.33 bits per heavy atom. The smallest absolute Gasteiger partial charge is 0.410 e. The molecule has 2 rings (SSSR count). The summed E-state index contributed by atoms with van der Waals surface area (Å²) in [6.07, 6.45) is 0.297. The number of amides is 1. The van der Waals surface area contributed by atoms with Crippen LogP contribution in [0.3, 0.4) is 0 Å². The number of aldehydes is 1. The molecule has 0 radical (unpaired) electrons. The summed E-state index contributed by atoms with van der Waals surface area (Å²) in [6, 6.07) is 7.20. The Bertz CT molecular complexity index is 504. The van der Waals surface area contributed by atoms with Crippen molar-refractivity contribution in [3.05, 3.63) is 35.4 Å². The number of carbonyl (C=O) groups is 2. The van der Waals surface area contributed by atoms with Crippen molar-refractivity contribution >= 4 is 12.4 Å². The van der Waals surface area contributed by atoms with E-state index in [1.165, 1.54) is 0 Å². The maximum atomic E-state index is 12.1. The fourth-order valence-electron chi connectivity index (χ4n) is 2.13. The van der Waals surface area contributed by atoms with Crippen LogP contribution in [0.5, 0.6) is 0 Å². The van der Waals surface area contributed by atoms with Gasteiger partial charge in [0.25, 0.3) is 0 Å². The molecule has 1 amide bonds. The van der Waals surface area contributed by atoms with Gasteiger partial charge in [0.2, 0.25) is 0 Å². The van der Waals surface area contributed by atoms with Gasteiger partial charge in [-0.2, -0.15) is 0 Å². The van der Waals surface area contributed by atoms with Gasteiger partial charge in [-0.3, -0.25) is 4.79 Å². The average molecular weight is 291 g/mol. The Morgan fingerprint density at radius 3 is 2.57 bits per heavy atom. The Kier molecular flexibility index (Phi) is 4.63. The van der Waals surface area contributed by atoms with Crippen molar-refractivity contribution in [2.45, 2.75) is 32.5 Å². The molecule has 0 N–H and O–H groups in total. The molecule has 0 spiro atoms. The molecular formula is C16H21NO4. The van der Waals surface area contributed by atoms with E-state index in [0.717, 1.165) is 11.8 Å². The molecule has 21 heavy (non-hydrogen) atoms. The van der Waals surface area contributed by atoms with Crippen LogP contribution in [0, 0.1) is 0 Å². The molecule has 1 fully saturated rings. The average Bonchev–Trinajstić information content (AvgIpc) is 2.46. The van der Waals surface area contributed by atoms with E-state index in [9.17, 15) is 9.59 Å². The van der Waals surface area contributed by atoms with Crippen LogP contribution in [-0.2, 0) is 9.47 Å². The molecule has 0 bridgehead atoms. The molecule has 114 valence electrons. The number of rotatable bonds is 2. The molecule has 1 aliphatic rings. The van der Waals surface area contributed by atoms with Crippen molar-refractivity contribution in [1.29, 1.82) is 0 Å². The molecular weight excluding hydrogens is 270 g/mol. The lowest BCUT2D eigenvalue weighted by atomic mass is 10.1. The van der Waals surface area contributed by atoms with Gasteiger partial charge in [0.05, 0.1) is 13.2 Å². The lowest BCUT2D eigenvalue weighted by Gasteiger charge is -2.34. The third-order valence-electron chi connectivity index (χ3n) is 3.16. The third-order valence-corrected chi connectivity index (χ3v) is 3.16. The highest BCUT2D eigenvalue weighted by Crippen LogP contribution is 2.23. The lowest BCUT2D eigenvalue weighted by molar-refractivity contribution is -0.0432. The van der Waals surface area contributed by atoms with Gasteiger partial charge in [0, 0.05) is 12.1 Å². The third kappa shape index (κ3) is 4.29. The number of hydrogen-bond donors (Lipinski definition) is 0. The Hall–Kier alpha value is -1.88. The first kappa shape index (κ1) is 15.5. The lowest BCUT2D eigenvalue weighted by Crippen LogP contribution is -2.44. The van der Waals surface area contributed by atoms with Crippen molar-refractivity contribution < 1.29 is 19.1 Å². The summed E-state index contributed by atoms with van der Waals surface area (Å²) in [5.74, 6) is 0. The number of morpholine rings is 1. The normalized spacial score (nSPS) is 19.2. The van der Waals surface area contributed by atoms with E-state index in [2.05, 4.69) is 0 Å². The fraction of sp³-hybridized carbons (Fsp3) is 0.500. The van der Waals surface area contributed by atoms with Crippen molar-refractivity contribution in [3.8, 4) is 0 Å². The van der Waals surface area contributed by atoms with E-state index in [1.807, 2.05) is 32.9 Å². The quantitative estimate of drug-likeness (QED) is 0.786. The van der Waals surface area contributed by atoms with Gasteiger partial charge >= 0.3 is 6.09 Å². The highest BCUT2D eigenvalue weighted by atomic mass is 16.6. The molecule has 1 aliphatic heterocycles. The molecule has 0 unspecified atom stereocenters. The van der Waals surface area contributed by atoms with Crippen LogP contribution in [0.2, 0.25) is 0 Å². The van der Waals surface area contributed by atoms with Gasteiger partial charge in [-0.25, -0.2) is 4.79 Å². The minimum absolute atomic E-state index is 0.188. The minimum Gasteiger partial charge on any atom is -0.444 e. The maximum Gasteiger partial charge on any atom is 0.410 e. The van der Waals surface area contributed by atoms with Gasteiger partial charge in [-0.1, -0.05) is 24.3 Å². The van der Waals surface area contributed by atoms with Crippen molar-refractivity contribution in [1.82, 2.24) is 4.90 Å². The van der Waals surface area contributed by atoms with Crippen LogP contribution in [0.25, 0.3) is 0 Å². The predicted molar refractivity (Wildman–Crippen MR) is 78.3 cm³/mol. The summed E-state index contributed by atoms with van der Waals surface area (Å²) in [6.45, 7) is 7.00. The number of nitrogens with zero attached hydrogens (tertiary/aromatic N) is 1. The summed E-state index contributed by atoms with van der Waals surface area (Å²) >= 11 is 0. The number of hydrogen-bond acceptors (Lipinski definition) is 4. The Balaban J connectivity index is 2.02. The first-order valence-corrected chi connectivity index (χ1v) is 7.04. The van der Waals surface area contributed by atoms with Gasteiger partial charge in [0.15, 0.2) is 0 Å². The second-order valence-corrected chi connectivity index (χ2v) is 6.07. The first-order valence-electron chi connectivity index (χ1n) is 7.04. The zero-order valence-corrected chi connectivity index (χ0v) is 12.7. The Labute approximate surface area is 124 Å². The number of carbonyl (C=O) groups excluding carboxylic acids is 2. The van der Waals surface area contributed by atoms with E-state index >= 15 is 0 Å². The minimum atomic E-state index is -0.503. The summed E-state index contributed by atoms with van der Waals surface area (Å²) < 4.78 is 11.1. The molecule has 1 heterocycles. The molecule has 1 aromatic rings. The van der Waals surface area contributed by atoms with E-state index < -0.39 is 5.60 Å². The molecule has 0 aromatic heterocycles. The van der Waals surface area contributed by atoms with Gasteiger partial charge in [-0.15, -0.1) is 0 Å². The van der Waals surface area contributed by atoms with Crippen LogP contribution in [0.15, 0.2) is 24.3 Å². The van der Waals surface area contributed by atoms with Crippen molar-refractivity contribution in [2.24, 2.45) is 0 Å². The van der Waals surface area contributed by atoms with Gasteiger partial charge in [-0.05, 0) is 26.3 Å². The summed E-state index contributed by atoms with van der Waals surface area (Å²) in [4.78, 5) is 24.4. The number of benzene rings is 1. The van der Waals surface area contributed by atoms with Crippen molar-refractivity contribution in [2.75, 3.05) is 19.7 Å². The van der Waals surface area contributed by atoms with E-state index in [-0.39, 0.29) is 12.2 Å². The monoisotopic (exact) mass is 291 g/mol. The highest BCUT2D eigenvalue weighted by Gasteiger charge is 2.28. The molecule has 5 heteroatoms. The van der Waals surface area contributed by atoms with Crippen LogP contribution < -0.4 is 0 Å². The molecule has 1 aromatic carbocycles. The largest absolute Gasteiger partial charge is 0.444 e. The Morgan fingerprint density at radius 2 is 2.00 bits per heavy atom. The summed E-state index contributed by atoms with van der Waals surface area (Å²) in [7, 11) is 0. The van der Waals surface area contributed by atoms with Crippen LogP contribution in [-0.4, -0.2) is 42.6 Å². The SMILES string of the molecule is CC(C)(C)OC(=O)N1CCO[C@H](c2ccc(C=O)cc2)C1. The van der Waals surface area contributed by atoms with Crippen LogP contribution in [0.4, 0.5) is 4.79 Å². The summed E-state index contributed by atoms with van der Waals surface area (Å²) in [5.41, 5.74) is 1.07. The van der Waals surface area contributed by atoms with Crippen LogP contribution >= 0.6 is 0 Å². The predicted octanol–water partition coefficient (Wildman–Crippen LogP) is 2.81. The highest BCUT2D eigenvalue weighted by molar-refractivity contribution is 5.74. The van der Waals surface area contributed by atoms with Crippen molar-refractivity contribution in [3.63, 3.8) is 0 Å². The second-order valence-electron chi connectivity index (χ2n) is 6.07. The summed E-state index contributed by atoms with van der Waals surface area (Å²) in [5, 5.41) is 0. The van der Waals surface area contributed by atoms with E-state index in [4.69, 9.17) is 9.47 Å². The van der Waals surface area contributed by atoms with Crippen LogP contribution in [0.1, 0.15) is 42.8 Å². The zero-order valence-electron chi connectivity index (χ0n) is 12.7. The van der Waals surface area contributed by atoms with Gasteiger partial charge < -0.3 is 14.4 Å². The van der Waals surface area contributed by atoms with E-state index in [0.29, 0.717) is 25.3 Å². The zero-order chi connectivity index (χ0) is 15.5. The molecule has 0 aliphatic carbocycles. The molecule has 1 atom stereocenters. The standard InChI is InChI=1S/C16H21NO4/c1-16(2,3)21-15(19)17-8-9-20-14(10-17)13-6-4-12(11-18)5-7-13/h4-7,11,14H,8-10H2,1-3H3/t14-/m0/s1. The van der Waals surface area contributed by atoms with E-state index in [1.54, 1.807) is 17.0 Å². The topological polar surface area (TPSA) is 55.8 Å². The molecule has 1 saturated heterocycles. The first-order chi connectivity index (χ1) is 9.89. The molecule has 5 nitrogen and oxygen atoms in total. The number of ether oxygens (including phenoxy) is 2. The maximum absolute atomic E-state index is 12.1. The second kappa shape index (κ2) is 6.26. The fourth-order valence-corrected chi connectivity index (χ4v) is 2.13.